The molecule has 0 unspecified atom stereocenters. The zero-order valence-electron chi connectivity index (χ0n) is 13.8. The number of nitrogens with zero attached hydrogens (tertiary/aromatic N) is 3. The van der Waals surface area contributed by atoms with Gasteiger partial charge in [0.1, 0.15) is 5.82 Å². The second-order valence-corrected chi connectivity index (χ2v) is 6.49. The molecular weight excluding hydrogens is 319 g/mol. The molecule has 2 aromatic heterocycles. The van der Waals surface area contributed by atoms with Crippen molar-refractivity contribution in [1.82, 2.24) is 20.1 Å². The standard InChI is InChI=1S/C19H19FN4O/c20-15-7-5-13(6-8-15)11-17(25)24-10-2-3-14(12-24)18-16-4-1-9-21-19(16)23-22-18/h1,4-9,14H,2-3,10-12H2,(H,21,22,23)/t14-/m1/s1. The number of halogens is 1. The number of hydrogen-bond donors (Lipinski definition) is 1. The number of H-pyrrole nitrogens is 1. The summed E-state index contributed by atoms with van der Waals surface area (Å²) in [6.45, 7) is 1.44. The fourth-order valence-corrected chi connectivity index (χ4v) is 3.51. The molecular formula is C19H19FN4O. The first-order chi connectivity index (χ1) is 12.2. The summed E-state index contributed by atoms with van der Waals surface area (Å²) in [5, 5.41) is 8.40. The summed E-state index contributed by atoms with van der Waals surface area (Å²) in [6.07, 6.45) is 4.01. The van der Waals surface area contributed by atoms with Crippen LogP contribution in [-0.4, -0.2) is 39.1 Å². The fourth-order valence-electron chi connectivity index (χ4n) is 3.51. The Morgan fingerprint density at radius 1 is 1.28 bits per heavy atom. The lowest BCUT2D eigenvalue weighted by Gasteiger charge is -2.32. The number of hydrogen-bond acceptors (Lipinski definition) is 3. The van der Waals surface area contributed by atoms with E-state index in [0.717, 1.165) is 36.0 Å². The van der Waals surface area contributed by atoms with Crippen LogP contribution in [0.25, 0.3) is 11.0 Å². The Balaban J connectivity index is 1.49. The van der Waals surface area contributed by atoms with Crippen molar-refractivity contribution in [2.24, 2.45) is 0 Å². The Hall–Kier alpha value is -2.76. The normalized spacial score (nSPS) is 17.8. The van der Waals surface area contributed by atoms with Crippen LogP contribution in [0.15, 0.2) is 42.6 Å². The molecule has 3 heterocycles. The highest BCUT2D eigenvalue weighted by atomic mass is 19.1. The zero-order chi connectivity index (χ0) is 17.2. The summed E-state index contributed by atoms with van der Waals surface area (Å²) >= 11 is 0. The predicted octanol–water partition coefficient (Wildman–Crippen LogP) is 3.05. The quantitative estimate of drug-likeness (QED) is 0.798. The minimum absolute atomic E-state index is 0.0817. The third-order valence-corrected chi connectivity index (χ3v) is 4.81. The number of carbonyl (C=O) groups is 1. The van der Waals surface area contributed by atoms with Crippen LogP contribution in [0.5, 0.6) is 0 Å². The SMILES string of the molecule is O=C(Cc1ccc(F)cc1)N1CCC[C@@H](c2[nH]nc3ncccc23)C1. The lowest BCUT2D eigenvalue weighted by molar-refractivity contribution is -0.131. The molecule has 0 saturated carbocycles. The van der Waals surface area contributed by atoms with Crippen molar-refractivity contribution in [2.75, 3.05) is 13.1 Å². The van der Waals surface area contributed by atoms with E-state index in [1.165, 1.54) is 12.1 Å². The monoisotopic (exact) mass is 338 g/mol. The van der Waals surface area contributed by atoms with Gasteiger partial charge >= 0.3 is 0 Å². The van der Waals surface area contributed by atoms with E-state index >= 15 is 0 Å². The van der Waals surface area contributed by atoms with Gasteiger partial charge in [0.2, 0.25) is 5.91 Å². The first-order valence-corrected chi connectivity index (χ1v) is 8.52. The Kier molecular flexibility index (Phi) is 4.17. The maximum Gasteiger partial charge on any atom is 0.227 e. The van der Waals surface area contributed by atoms with Crippen molar-refractivity contribution in [1.29, 1.82) is 0 Å². The molecule has 4 rings (SSSR count). The number of amides is 1. The number of carbonyl (C=O) groups excluding carboxylic acids is 1. The van der Waals surface area contributed by atoms with Crippen LogP contribution in [0.2, 0.25) is 0 Å². The topological polar surface area (TPSA) is 61.9 Å². The van der Waals surface area contributed by atoms with Crippen molar-refractivity contribution in [3.63, 3.8) is 0 Å². The first-order valence-electron chi connectivity index (χ1n) is 8.52. The molecule has 5 nitrogen and oxygen atoms in total. The summed E-state index contributed by atoms with van der Waals surface area (Å²) < 4.78 is 13.0. The number of piperidine rings is 1. The number of benzene rings is 1. The van der Waals surface area contributed by atoms with Crippen molar-refractivity contribution in [2.45, 2.75) is 25.2 Å². The summed E-state index contributed by atoms with van der Waals surface area (Å²) in [6, 6.07) is 10.0. The smallest absolute Gasteiger partial charge is 0.227 e. The molecule has 0 radical (unpaired) electrons. The maximum atomic E-state index is 13.0. The average Bonchev–Trinajstić information content (AvgIpc) is 3.08. The van der Waals surface area contributed by atoms with Crippen molar-refractivity contribution in [3.05, 3.63) is 59.7 Å². The predicted molar refractivity (Wildman–Crippen MR) is 92.5 cm³/mol. The molecule has 1 saturated heterocycles. The van der Waals surface area contributed by atoms with Crippen LogP contribution in [-0.2, 0) is 11.2 Å². The molecule has 1 atom stereocenters. The van der Waals surface area contributed by atoms with Crippen LogP contribution in [0.1, 0.15) is 30.0 Å². The van der Waals surface area contributed by atoms with E-state index in [2.05, 4.69) is 15.2 Å². The molecule has 25 heavy (non-hydrogen) atoms. The molecule has 128 valence electrons. The van der Waals surface area contributed by atoms with E-state index in [0.29, 0.717) is 18.6 Å². The molecule has 1 aromatic carbocycles. The molecule has 1 amide bonds. The molecule has 6 heteroatoms. The summed E-state index contributed by atoms with van der Waals surface area (Å²) in [7, 11) is 0. The van der Waals surface area contributed by atoms with Crippen molar-refractivity contribution in [3.8, 4) is 0 Å². The highest BCUT2D eigenvalue weighted by molar-refractivity contribution is 5.80. The van der Waals surface area contributed by atoms with Crippen molar-refractivity contribution >= 4 is 16.9 Å². The summed E-state index contributed by atoms with van der Waals surface area (Å²) in [4.78, 5) is 18.8. The van der Waals surface area contributed by atoms with Gasteiger partial charge in [-0.1, -0.05) is 12.1 Å². The number of fused-ring (bicyclic) bond motifs is 1. The van der Waals surface area contributed by atoms with Crippen LogP contribution in [0, 0.1) is 5.82 Å². The van der Waals surface area contributed by atoms with Crippen LogP contribution in [0.4, 0.5) is 4.39 Å². The number of nitrogens with one attached hydrogen (secondary N) is 1. The molecule has 1 N–H and O–H groups in total. The second-order valence-electron chi connectivity index (χ2n) is 6.49. The minimum Gasteiger partial charge on any atom is -0.342 e. The summed E-state index contributed by atoms with van der Waals surface area (Å²) in [5.74, 6) is 0.0346. The first kappa shape index (κ1) is 15.7. The van der Waals surface area contributed by atoms with Crippen LogP contribution >= 0.6 is 0 Å². The van der Waals surface area contributed by atoms with Gasteiger partial charge in [0.25, 0.3) is 0 Å². The molecule has 1 fully saturated rings. The van der Waals surface area contributed by atoms with Gasteiger partial charge in [0, 0.05) is 36.3 Å². The third kappa shape index (κ3) is 3.24. The molecule has 1 aliphatic rings. The Bertz CT molecular complexity index is 890. The van der Waals surface area contributed by atoms with E-state index in [4.69, 9.17) is 0 Å². The highest BCUT2D eigenvalue weighted by Gasteiger charge is 2.27. The largest absolute Gasteiger partial charge is 0.342 e. The van der Waals surface area contributed by atoms with E-state index < -0.39 is 0 Å². The molecule has 3 aromatic rings. The number of rotatable bonds is 3. The van der Waals surface area contributed by atoms with Gasteiger partial charge in [0.15, 0.2) is 5.65 Å². The van der Waals surface area contributed by atoms with Gasteiger partial charge in [-0.25, -0.2) is 9.37 Å². The average molecular weight is 338 g/mol. The Labute approximate surface area is 144 Å². The number of aromatic nitrogens is 3. The zero-order valence-corrected chi connectivity index (χ0v) is 13.8. The third-order valence-electron chi connectivity index (χ3n) is 4.81. The van der Waals surface area contributed by atoms with Crippen LogP contribution < -0.4 is 0 Å². The lowest BCUT2D eigenvalue weighted by Crippen LogP contribution is -2.40. The van der Waals surface area contributed by atoms with Gasteiger partial charge in [0.05, 0.1) is 6.42 Å². The molecule has 0 aliphatic carbocycles. The van der Waals surface area contributed by atoms with Gasteiger partial charge < -0.3 is 4.90 Å². The van der Waals surface area contributed by atoms with Gasteiger partial charge in [-0.3, -0.25) is 9.89 Å². The maximum absolute atomic E-state index is 13.0. The van der Waals surface area contributed by atoms with Crippen LogP contribution in [0.3, 0.4) is 0 Å². The molecule has 0 bridgehead atoms. The van der Waals surface area contributed by atoms with Gasteiger partial charge in [-0.15, -0.1) is 0 Å². The Morgan fingerprint density at radius 3 is 2.96 bits per heavy atom. The fraction of sp³-hybridized carbons (Fsp3) is 0.316. The second kappa shape index (κ2) is 6.63. The van der Waals surface area contributed by atoms with Crippen molar-refractivity contribution < 1.29 is 9.18 Å². The molecule has 0 spiro atoms. The lowest BCUT2D eigenvalue weighted by atomic mass is 9.93. The minimum atomic E-state index is -0.283. The van der Waals surface area contributed by atoms with Gasteiger partial charge in [-0.2, -0.15) is 5.10 Å². The van der Waals surface area contributed by atoms with E-state index in [9.17, 15) is 9.18 Å². The number of aromatic amines is 1. The number of likely N-dealkylation sites (tertiary alicyclic amines) is 1. The highest BCUT2D eigenvalue weighted by Crippen LogP contribution is 2.30. The Morgan fingerprint density at radius 2 is 2.12 bits per heavy atom. The number of pyridine rings is 1. The molecule has 1 aliphatic heterocycles. The van der Waals surface area contributed by atoms with E-state index in [-0.39, 0.29) is 17.6 Å². The van der Waals surface area contributed by atoms with E-state index in [1.54, 1.807) is 18.3 Å². The van der Waals surface area contributed by atoms with E-state index in [1.807, 2.05) is 17.0 Å². The van der Waals surface area contributed by atoms with Gasteiger partial charge in [-0.05, 0) is 42.7 Å². The summed E-state index contributed by atoms with van der Waals surface area (Å²) in [5.41, 5.74) is 2.61.